The lowest BCUT2D eigenvalue weighted by Crippen LogP contribution is -2.46. The zero-order valence-corrected chi connectivity index (χ0v) is 13.5. The van der Waals surface area contributed by atoms with E-state index >= 15 is 4.39 Å². The molecular formula is C15H20FN5O2. The first-order valence-electron chi connectivity index (χ1n) is 7.76. The molecule has 0 aromatic carbocycles. The molecule has 0 saturated carbocycles. The number of amides is 1. The van der Waals surface area contributed by atoms with Crippen LogP contribution in [0.2, 0.25) is 0 Å². The van der Waals surface area contributed by atoms with Crippen molar-refractivity contribution in [1.82, 2.24) is 24.8 Å². The van der Waals surface area contributed by atoms with E-state index in [0.29, 0.717) is 30.9 Å². The van der Waals surface area contributed by atoms with Crippen LogP contribution in [0.1, 0.15) is 47.5 Å². The van der Waals surface area contributed by atoms with E-state index in [2.05, 4.69) is 15.2 Å². The normalized spacial score (nSPS) is 21.7. The van der Waals surface area contributed by atoms with E-state index in [4.69, 9.17) is 4.52 Å². The van der Waals surface area contributed by atoms with E-state index in [0.717, 1.165) is 5.69 Å². The lowest BCUT2D eigenvalue weighted by atomic mass is 9.94. The van der Waals surface area contributed by atoms with Crippen LogP contribution in [0.5, 0.6) is 0 Å². The lowest BCUT2D eigenvalue weighted by Gasteiger charge is -2.35. The van der Waals surface area contributed by atoms with Gasteiger partial charge in [0.2, 0.25) is 5.67 Å². The Labute approximate surface area is 133 Å². The van der Waals surface area contributed by atoms with Gasteiger partial charge in [-0.05, 0) is 33.6 Å². The number of rotatable bonds is 3. The fourth-order valence-corrected chi connectivity index (χ4v) is 2.98. The minimum absolute atomic E-state index is 0.0477. The Morgan fingerprint density at radius 1 is 1.48 bits per heavy atom. The highest BCUT2D eigenvalue weighted by Crippen LogP contribution is 2.35. The molecule has 0 radical (unpaired) electrons. The smallest absolute Gasteiger partial charge is 0.266 e. The Morgan fingerprint density at radius 3 is 2.87 bits per heavy atom. The summed E-state index contributed by atoms with van der Waals surface area (Å²) in [5.41, 5.74) is -0.483. The molecule has 1 amide bonds. The van der Waals surface area contributed by atoms with Gasteiger partial charge >= 0.3 is 0 Å². The van der Waals surface area contributed by atoms with Gasteiger partial charge in [-0.15, -0.1) is 0 Å². The number of piperidine rings is 1. The Hall–Kier alpha value is -2.25. The van der Waals surface area contributed by atoms with Crippen molar-refractivity contribution in [2.75, 3.05) is 13.1 Å². The first-order chi connectivity index (χ1) is 10.9. The Morgan fingerprint density at radius 2 is 2.26 bits per heavy atom. The molecule has 7 nitrogen and oxygen atoms in total. The number of nitrogens with zero attached hydrogens (tertiary/aromatic N) is 5. The second-order valence-electron chi connectivity index (χ2n) is 5.90. The Balaban J connectivity index is 1.83. The highest BCUT2D eigenvalue weighted by atomic mass is 19.1. The molecule has 1 aliphatic heterocycles. The molecule has 3 heterocycles. The summed E-state index contributed by atoms with van der Waals surface area (Å²) < 4.78 is 22.0. The summed E-state index contributed by atoms with van der Waals surface area (Å²) in [5.74, 6) is 0.133. The van der Waals surface area contributed by atoms with Gasteiger partial charge in [-0.3, -0.25) is 9.48 Å². The second kappa shape index (κ2) is 5.75. The quantitative estimate of drug-likeness (QED) is 0.864. The maximum Gasteiger partial charge on any atom is 0.266 e. The van der Waals surface area contributed by atoms with E-state index in [1.54, 1.807) is 17.8 Å². The molecule has 23 heavy (non-hydrogen) atoms. The van der Waals surface area contributed by atoms with Gasteiger partial charge in [0, 0.05) is 18.8 Å². The predicted molar refractivity (Wildman–Crippen MR) is 79.6 cm³/mol. The number of likely N-dealkylation sites (tertiary alicyclic amines) is 1. The average molecular weight is 321 g/mol. The predicted octanol–water partition coefficient (Wildman–Crippen LogP) is 2.00. The van der Waals surface area contributed by atoms with E-state index in [-0.39, 0.29) is 24.8 Å². The van der Waals surface area contributed by atoms with E-state index in [9.17, 15) is 4.79 Å². The fourth-order valence-electron chi connectivity index (χ4n) is 2.98. The fraction of sp³-hybridized carbons (Fsp3) is 0.600. The molecule has 8 heteroatoms. The summed E-state index contributed by atoms with van der Waals surface area (Å²) in [6, 6.07) is 0. The minimum atomic E-state index is -1.79. The van der Waals surface area contributed by atoms with Crippen LogP contribution in [0.4, 0.5) is 4.39 Å². The summed E-state index contributed by atoms with van der Waals surface area (Å²) >= 11 is 0. The van der Waals surface area contributed by atoms with Crippen LogP contribution in [0, 0.1) is 13.8 Å². The van der Waals surface area contributed by atoms with Crippen molar-refractivity contribution in [2.45, 2.75) is 45.8 Å². The van der Waals surface area contributed by atoms with Gasteiger partial charge in [0.25, 0.3) is 11.8 Å². The number of alkyl halides is 1. The molecule has 0 bridgehead atoms. The third-order valence-corrected chi connectivity index (χ3v) is 4.27. The van der Waals surface area contributed by atoms with Crippen molar-refractivity contribution in [2.24, 2.45) is 0 Å². The zero-order valence-electron chi connectivity index (χ0n) is 13.5. The highest BCUT2D eigenvalue weighted by molar-refractivity contribution is 5.95. The van der Waals surface area contributed by atoms with Crippen LogP contribution in [0.15, 0.2) is 10.7 Å². The number of aryl methyl sites for hydroxylation is 2. The van der Waals surface area contributed by atoms with E-state index in [1.807, 2.05) is 13.8 Å². The maximum atomic E-state index is 15.2. The van der Waals surface area contributed by atoms with Crippen LogP contribution in [0.25, 0.3) is 0 Å². The van der Waals surface area contributed by atoms with Crippen molar-refractivity contribution in [3.8, 4) is 0 Å². The van der Waals surface area contributed by atoms with Crippen LogP contribution in [-0.2, 0) is 12.2 Å². The molecule has 1 fully saturated rings. The lowest BCUT2D eigenvalue weighted by molar-refractivity contribution is 0.0152. The first-order valence-corrected chi connectivity index (χ1v) is 7.76. The minimum Gasteiger partial charge on any atom is -0.336 e. The number of aromatic nitrogens is 4. The third kappa shape index (κ3) is 2.73. The molecule has 1 atom stereocenters. The van der Waals surface area contributed by atoms with Crippen molar-refractivity contribution in [1.29, 1.82) is 0 Å². The summed E-state index contributed by atoms with van der Waals surface area (Å²) in [4.78, 5) is 18.2. The van der Waals surface area contributed by atoms with Crippen molar-refractivity contribution < 1.29 is 13.7 Å². The summed E-state index contributed by atoms with van der Waals surface area (Å²) in [6.07, 6.45) is 2.36. The second-order valence-corrected chi connectivity index (χ2v) is 5.90. The Bertz CT molecular complexity index is 725. The van der Waals surface area contributed by atoms with Gasteiger partial charge in [0.05, 0.1) is 18.3 Å². The molecule has 124 valence electrons. The van der Waals surface area contributed by atoms with Crippen molar-refractivity contribution in [3.63, 3.8) is 0 Å². The van der Waals surface area contributed by atoms with Crippen LogP contribution < -0.4 is 0 Å². The van der Waals surface area contributed by atoms with Gasteiger partial charge in [-0.1, -0.05) is 5.16 Å². The summed E-state index contributed by atoms with van der Waals surface area (Å²) in [5, 5.41) is 7.83. The number of halogens is 1. The van der Waals surface area contributed by atoms with Gasteiger partial charge in [0.1, 0.15) is 0 Å². The molecular weight excluding hydrogens is 301 g/mol. The SMILES string of the molecule is CCn1ncc(C(=O)N2CCCC(F)(c3nc(C)no3)C2)c1C. The van der Waals surface area contributed by atoms with E-state index < -0.39 is 5.67 Å². The van der Waals surface area contributed by atoms with Gasteiger partial charge in [0.15, 0.2) is 5.82 Å². The molecule has 0 aliphatic carbocycles. The Kier molecular flexibility index (Phi) is 3.91. The van der Waals surface area contributed by atoms with Crippen LogP contribution >= 0.6 is 0 Å². The molecule has 1 saturated heterocycles. The molecule has 0 N–H and O–H groups in total. The number of carbonyl (C=O) groups excluding carboxylic acids is 1. The third-order valence-electron chi connectivity index (χ3n) is 4.27. The number of hydrogen-bond acceptors (Lipinski definition) is 5. The molecule has 2 aromatic heterocycles. The van der Waals surface area contributed by atoms with Crippen LogP contribution in [-0.4, -0.2) is 43.8 Å². The van der Waals surface area contributed by atoms with E-state index in [1.165, 1.54) is 4.90 Å². The van der Waals surface area contributed by atoms with Gasteiger partial charge in [-0.2, -0.15) is 10.1 Å². The molecule has 0 spiro atoms. The standard InChI is InChI=1S/C15H20FN5O2/c1-4-21-10(2)12(8-17-21)13(22)20-7-5-6-15(16,9-20)14-18-11(3)19-23-14/h8H,4-7,9H2,1-3H3. The summed E-state index contributed by atoms with van der Waals surface area (Å²) in [6.45, 7) is 6.56. The monoisotopic (exact) mass is 321 g/mol. The van der Waals surface area contributed by atoms with Gasteiger partial charge < -0.3 is 9.42 Å². The largest absolute Gasteiger partial charge is 0.336 e. The topological polar surface area (TPSA) is 77.1 Å². The molecule has 2 aromatic rings. The average Bonchev–Trinajstić information content (AvgIpc) is 3.13. The first kappa shape index (κ1) is 15.6. The van der Waals surface area contributed by atoms with Crippen molar-refractivity contribution in [3.05, 3.63) is 29.2 Å². The number of carbonyl (C=O) groups is 1. The summed E-state index contributed by atoms with van der Waals surface area (Å²) in [7, 11) is 0. The molecule has 1 aliphatic rings. The van der Waals surface area contributed by atoms with Gasteiger partial charge in [-0.25, -0.2) is 4.39 Å². The highest BCUT2D eigenvalue weighted by Gasteiger charge is 2.44. The van der Waals surface area contributed by atoms with Crippen molar-refractivity contribution >= 4 is 5.91 Å². The maximum absolute atomic E-state index is 15.2. The zero-order chi connectivity index (χ0) is 16.6. The molecule has 1 unspecified atom stereocenters. The number of hydrogen-bond donors (Lipinski definition) is 0. The van der Waals surface area contributed by atoms with Crippen LogP contribution in [0.3, 0.4) is 0 Å². The molecule has 3 rings (SSSR count).